The van der Waals surface area contributed by atoms with Crippen LogP contribution in [0.4, 0.5) is 0 Å². The summed E-state index contributed by atoms with van der Waals surface area (Å²) in [5.41, 5.74) is 8.91. The van der Waals surface area contributed by atoms with Gasteiger partial charge in [-0.2, -0.15) is 0 Å². The van der Waals surface area contributed by atoms with E-state index in [1.54, 1.807) is 0 Å². The molecule has 18 heavy (non-hydrogen) atoms. The molecule has 2 aromatic carbocycles. The summed E-state index contributed by atoms with van der Waals surface area (Å²) in [6.45, 7) is 0.368. The molecule has 0 fully saturated rings. The van der Waals surface area contributed by atoms with Crippen molar-refractivity contribution in [3.63, 3.8) is 0 Å². The van der Waals surface area contributed by atoms with E-state index in [1.165, 1.54) is 0 Å². The zero-order valence-corrected chi connectivity index (χ0v) is 9.91. The number of nitrogens with zero attached hydrogens (tertiary/aromatic N) is 3. The molecule has 0 aliphatic rings. The zero-order chi connectivity index (χ0) is 12.8. The number of benzene rings is 2. The molecule has 2 rings (SSSR count). The molecule has 0 aromatic heterocycles. The van der Waals surface area contributed by atoms with E-state index >= 15 is 0 Å². The molecule has 0 radical (unpaired) electrons. The minimum absolute atomic E-state index is 0.0972. The highest BCUT2D eigenvalue weighted by molar-refractivity contribution is 6.08. The van der Waals surface area contributed by atoms with Crippen LogP contribution in [0.2, 0.25) is 0 Å². The lowest BCUT2D eigenvalue weighted by molar-refractivity contribution is 0.0982. The lowest BCUT2D eigenvalue weighted by Crippen LogP contribution is -2.00. The van der Waals surface area contributed by atoms with Crippen molar-refractivity contribution in [1.29, 1.82) is 0 Å². The van der Waals surface area contributed by atoms with Crippen LogP contribution >= 0.6 is 0 Å². The lowest BCUT2D eigenvalue weighted by Gasteiger charge is -2.04. The summed E-state index contributed by atoms with van der Waals surface area (Å²) in [6.07, 6.45) is 0.999. The van der Waals surface area contributed by atoms with Crippen molar-refractivity contribution in [3.05, 3.63) is 58.5 Å². The molecule has 2 aromatic rings. The number of azide groups is 1. The van der Waals surface area contributed by atoms with Crippen LogP contribution in [-0.2, 0) is 0 Å². The van der Waals surface area contributed by atoms with Gasteiger partial charge in [0.25, 0.3) is 0 Å². The van der Waals surface area contributed by atoms with Gasteiger partial charge >= 0.3 is 0 Å². The average Bonchev–Trinajstić information content (AvgIpc) is 2.43. The van der Waals surface area contributed by atoms with Crippen molar-refractivity contribution in [2.75, 3.05) is 6.54 Å². The lowest BCUT2D eigenvalue weighted by atomic mass is 9.99. The summed E-state index contributed by atoms with van der Waals surface area (Å²) < 4.78 is 0. The van der Waals surface area contributed by atoms with Gasteiger partial charge in [-0.3, -0.25) is 4.79 Å². The number of hydrogen-bond acceptors (Lipinski definition) is 2. The molecular weight excluding hydrogens is 226 g/mol. The third-order valence-electron chi connectivity index (χ3n) is 2.82. The van der Waals surface area contributed by atoms with E-state index in [-0.39, 0.29) is 5.78 Å². The van der Waals surface area contributed by atoms with Gasteiger partial charge < -0.3 is 0 Å². The van der Waals surface area contributed by atoms with Gasteiger partial charge in [-0.05, 0) is 22.7 Å². The molecule has 4 nitrogen and oxygen atoms in total. The second-order valence-electron chi connectivity index (χ2n) is 4.01. The molecule has 0 aliphatic heterocycles. The van der Waals surface area contributed by atoms with Crippen molar-refractivity contribution >= 4 is 16.6 Å². The van der Waals surface area contributed by atoms with Gasteiger partial charge in [0, 0.05) is 23.4 Å². The molecule has 0 unspecified atom stereocenters. The normalized spacial score (nSPS) is 10.0. The Labute approximate surface area is 105 Å². The highest BCUT2D eigenvalue weighted by Gasteiger charge is 2.08. The van der Waals surface area contributed by atoms with E-state index < -0.39 is 0 Å². The molecule has 0 spiro atoms. The van der Waals surface area contributed by atoms with Gasteiger partial charge in [-0.15, -0.1) is 0 Å². The quantitative estimate of drug-likeness (QED) is 0.254. The molecule has 0 heterocycles. The third kappa shape index (κ3) is 2.67. The molecule has 0 saturated heterocycles. The van der Waals surface area contributed by atoms with Crippen LogP contribution in [0, 0.1) is 0 Å². The average molecular weight is 239 g/mol. The second-order valence-corrected chi connectivity index (χ2v) is 4.01. The van der Waals surface area contributed by atoms with Gasteiger partial charge in [0.1, 0.15) is 0 Å². The van der Waals surface area contributed by atoms with Crippen molar-refractivity contribution in [2.24, 2.45) is 5.11 Å². The van der Waals surface area contributed by atoms with Crippen LogP contribution < -0.4 is 0 Å². The first kappa shape index (κ1) is 12.1. The fraction of sp³-hybridized carbons (Fsp3) is 0.214. The van der Waals surface area contributed by atoms with E-state index in [2.05, 4.69) is 10.0 Å². The van der Waals surface area contributed by atoms with Gasteiger partial charge in [-0.1, -0.05) is 47.6 Å². The SMILES string of the molecule is [N-]=[N+]=NCCCC(=O)c1cccc2ccccc12. The van der Waals surface area contributed by atoms with Gasteiger partial charge in [0.05, 0.1) is 0 Å². The predicted octanol–water partition coefficient (Wildman–Crippen LogP) is 4.11. The first-order valence-electron chi connectivity index (χ1n) is 5.85. The molecule has 0 N–H and O–H groups in total. The summed E-state index contributed by atoms with van der Waals surface area (Å²) in [6, 6.07) is 13.6. The minimum atomic E-state index is 0.0972. The van der Waals surface area contributed by atoms with Crippen LogP contribution in [-0.4, -0.2) is 12.3 Å². The number of fused-ring (bicyclic) bond motifs is 1. The van der Waals surface area contributed by atoms with E-state index in [4.69, 9.17) is 5.53 Å². The first-order valence-corrected chi connectivity index (χ1v) is 5.85. The summed E-state index contributed by atoms with van der Waals surface area (Å²) in [5.74, 6) is 0.0972. The van der Waals surface area contributed by atoms with Gasteiger partial charge in [0.2, 0.25) is 0 Å². The molecule has 0 saturated carbocycles. The Bertz CT molecular complexity index is 610. The highest BCUT2D eigenvalue weighted by atomic mass is 16.1. The van der Waals surface area contributed by atoms with Crippen LogP contribution in [0.15, 0.2) is 47.6 Å². The number of rotatable bonds is 5. The van der Waals surface area contributed by atoms with Crippen molar-refractivity contribution < 1.29 is 4.79 Å². The molecule has 90 valence electrons. The Morgan fingerprint density at radius 1 is 1.17 bits per heavy atom. The van der Waals surface area contributed by atoms with Gasteiger partial charge in [0.15, 0.2) is 5.78 Å². The second kappa shape index (κ2) is 5.84. The Kier molecular flexibility index (Phi) is 3.94. The van der Waals surface area contributed by atoms with E-state index in [0.717, 1.165) is 16.3 Å². The van der Waals surface area contributed by atoms with E-state index in [9.17, 15) is 4.79 Å². The summed E-state index contributed by atoms with van der Waals surface area (Å²) in [4.78, 5) is 14.8. The molecule has 0 aliphatic carbocycles. The Morgan fingerprint density at radius 3 is 2.78 bits per heavy atom. The monoisotopic (exact) mass is 239 g/mol. The predicted molar refractivity (Wildman–Crippen MR) is 71.5 cm³/mol. The zero-order valence-electron chi connectivity index (χ0n) is 9.91. The van der Waals surface area contributed by atoms with Crippen molar-refractivity contribution in [2.45, 2.75) is 12.8 Å². The maximum atomic E-state index is 12.1. The van der Waals surface area contributed by atoms with Crippen LogP contribution in [0.5, 0.6) is 0 Å². The Morgan fingerprint density at radius 2 is 1.94 bits per heavy atom. The third-order valence-corrected chi connectivity index (χ3v) is 2.82. The summed E-state index contributed by atoms with van der Waals surface area (Å²) >= 11 is 0. The standard InChI is InChI=1S/C14H13N3O/c15-17-16-10-4-9-14(18)13-8-3-6-11-5-1-2-7-12(11)13/h1-3,5-8H,4,9-10H2. The summed E-state index contributed by atoms with van der Waals surface area (Å²) in [5, 5.41) is 5.48. The smallest absolute Gasteiger partial charge is 0.163 e. The molecular formula is C14H13N3O. The van der Waals surface area contributed by atoms with Crippen molar-refractivity contribution in [1.82, 2.24) is 0 Å². The Balaban J connectivity index is 2.20. The fourth-order valence-corrected chi connectivity index (χ4v) is 1.96. The van der Waals surface area contributed by atoms with Gasteiger partial charge in [-0.25, -0.2) is 0 Å². The summed E-state index contributed by atoms with van der Waals surface area (Å²) in [7, 11) is 0. The van der Waals surface area contributed by atoms with Crippen LogP contribution in [0.3, 0.4) is 0 Å². The van der Waals surface area contributed by atoms with Crippen molar-refractivity contribution in [3.8, 4) is 0 Å². The number of carbonyl (C=O) groups is 1. The highest BCUT2D eigenvalue weighted by Crippen LogP contribution is 2.20. The largest absolute Gasteiger partial charge is 0.294 e. The molecule has 0 amide bonds. The van der Waals surface area contributed by atoms with E-state index in [0.29, 0.717) is 19.4 Å². The fourth-order valence-electron chi connectivity index (χ4n) is 1.96. The topological polar surface area (TPSA) is 65.8 Å². The maximum absolute atomic E-state index is 12.1. The number of Topliss-reactive ketones (excluding diaryl/α,β-unsaturated/α-hetero) is 1. The van der Waals surface area contributed by atoms with E-state index in [1.807, 2.05) is 42.5 Å². The molecule has 0 bridgehead atoms. The number of ketones is 1. The van der Waals surface area contributed by atoms with Crippen LogP contribution in [0.25, 0.3) is 21.2 Å². The maximum Gasteiger partial charge on any atom is 0.163 e. The first-order chi connectivity index (χ1) is 8.83. The number of carbonyl (C=O) groups excluding carboxylic acids is 1. The minimum Gasteiger partial charge on any atom is -0.294 e. The Hall–Kier alpha value is -2.32. The number of hydrogen-bond donors (Lipinski definition) is 0. The molecule has 0 atom stereocenters. The van der Waals surface area contributed by atoms with Crippen LogP contribution in [0.1, 0.15) is 23.2 Å². The molecule has 4 heteroatoms.